The molecule has 1 saturated heterocycles. The van der Waals surface area contributed by atoms with Gasteiger partial charge in [0.05, 0.1) is 21.8 Å². The van der Waals surface area contributed by atoms with Gasteiger partial charge in [-0.1, -0.05) is 54.3 Å². The summed E-state index contributed by atoms with van der Waals surface area (Å²) in [6.07, 6.45) is -3.02. The van der Waals surface area contributed by atoms with Gasteiger partial charge in [0.1, 0.15) is 17.2 Å². The van der Waals surface area contributed by atoms with Gasteiger partial charge in [0.2, 0.25) is 0 Å². The predicted octanol–water partition coefficient (Wildman–Crippen LogP) is 6.17. The first-order chi connectivity index (χ1) is 17.6. The SMILES string of the molecule is Cc1c(N2C(=O)/C(=C/c3ccc(-c4cccc(C(F)(F)F)c4)o3)SC2=S)c(=O)n(-c2ccccc2)n1C. The molecule has 4 aromatic rings. The predicted molar refractivity (Wildman–Crippen MR) is 141 cm³/mol. The molecule has 0 saturated carbocycles. The van der Waals surface area contributed by atoms with Crippen molar-refractivity contribution >= 4 is 46.0 Å². The second-order valence-electron chi connectivity index (χ2n) is 8.21. The maximum atomic E-state index is 13.4. The van der Waals surface area contributed by atoms with Crippen LogP contribution < -0.4 is 10.5 Å². The Morgan fingerprint density at radius 2 is 1.73 bits per heavy atom. The van der Waals surface area contributed by atoms with Crippen LogP contribution in [0, 0.1) is 6.92 Å². The Morgan fingerprint density at radius 1 is 1.00 bits per heavy atom. The Morgan fingerprint density at radius 3 is 2.43 bits per heavy atom. The summed E-state index contributed by atoms with van der Waals surface area (Å²) in [6, 6.07) is 16.9. The van der Waals surface area contributed by atoms with Gasteiger partial charge in [-0.2, -0.15) is 13.2 Å². The fourth-order valence-corrected chi connectivity index (χ4v) is 5.29. The molecule has 0 N–H and O–H groups in total. The summed E-state index contributed by atoms with van der Waals surface area (Å²) in [5, 5.41) is 0. The number of halogens is 3. The number of para-hydroxylation sites is 1. The molecule has 5 rings (SSSR count). The van der Waals surface area contributed by atoms with Crippen molar-refractivity contribution in [1.82, 2.24) is 9.36 Å². The van der Waals surface area contributed by atoms with E-state index < -0.39 is 23.2 Å². The normalized spacial score (nSPS) is 15.3. The second-order valence-corrected chi connectivity index (χ2v) is 9.88. The van der Waals surface area contributed by atoms with Crippen LogP contribution in [0.25, 0.3) is 23.1 Å². The van der Waals surface area contributed by atoms with Gasteiger partial charge in [0.25, 0.3) is 11.5 Å². The number of carbonyl (C=O) groups is 1. The zero-order valence-corrected chi connectivity index (χ0v) is 21.1. The first kappa shape index (κ1) is 24.8. The molecule has 1 amide bonds. The third-order valence-electron chi connectivity index (χ3n) is 5.92. The van der Waals surface area contributed by atoms with Crippen molar-refractivity contribution in [3.8, 4) is 17.0 Å². The van der Waals surface area contributed by atoms with Gasteiger partial charge >= 0.3 is 6.18 Å². The van der Waals surface area contributed by atoms with Gasteiger partial charge in [-0.05, 0) is 43.3 Å². The van der Waals surface area contributed by atoms with Crippen LogP contribution in [0.4, 0.5) is 18.9 Å². The Kier molecular flexibility index (Phi) is 6.20. The van der Waals surface area contributed by atoms with E-state index in [1.165, 1.54) is 33.9 Å². The first-order valence-corrected chi connectivity index (χ1v) is 12.2. The summed E-state index contributed by atoms with van der Waals surface area (Å²) in [6.45, 7) is 1.73. The number of thioether (sulfide) groups is 1. The number of benzene rings is 2. The van der Waals surface area contributed by atoms with Crippen molar-refractivity contribution < 1.29 is 22.4 Å². The number of amides is 1. The van der Waals surface area contributed by atoms with Crippen molar-refractivity contribution in [3.05, 3.63) is 99.0 Å². The highest BCUT2D eigenvalue weighted by molar-refractivity contribution is 8.27. The van der Waals surface area contributed by atoms with Crippen LogP contribution in [0.1, 0.15) is 17.0 Å². The summed E-state index contributed by atoms with van der Waals surface area (Å²) in [5.74, 6) is -0.00472. The Hall–Kier alpha value is -3.83. The van der Waals surface area contributed by atoms with Gasteiger partial charge in [-0.3, -0.25) is 19.2 Å². The molecule has 37 heavy (non-hydrogen) atoms. The summed E-state index contributed by atoms with van der Waals surface area (Å²) >= 11 is 6.46. The lowest BCUT2D eigenvalue weighted by Gasteiger charge is -2.12. The van der Waals surface area contributed by atoms with Crippen LogP contribution >= 0.6 is 24.0 Å². The lowest BCUT2D eigenvalue weighted by atomic mass is 10.1. The third-order valence-corrected chi connectivity index (χ3v) is 7.22. The lowest BCUT2D eigenvalue weighted by Crippen LogP contribution is -2.33. The van der Waals surface area contributed by atoms with E-state index >= 15 is 0 Å². The molecule has 1 fully saturated rings. The second kappa shape index (κ2) is 9.24. The molecule has 2 aromatic carbocycles. The number of nitrogens with zero attached hydrogens (tertiary/aromatic N) is 3. The number of alkyl halides is 3. The monoisotopic (exact) mass is 541 g/mol. The third kappa shape index (κ3) is 4.44. The number of rotatable bonds is 4. The maximum Gasteiger partial charge on any atom is 0.416 e. The number of hydrogen-bond acceptors (Lipinski definition) is 5. The summed E-state index contributed by atoms with van der Waals surface area (Å²) in [5.41, 5.74) is 0.417. The minimum atomic E-state index is -4.48. The number of carbonyl (C=O) groups excluding carboxylic acids is 1. The molecule has 0 atom stereocenters. The van der Waals surface area contributed by atoms with Crippen molar-refractivity contribution in [2.45, 2.75) is 13.1 Å². The van der Waals surface area contributed by atoms with Crippen molar-refractivity contribution in [2.24, 2.45) is 7.05 Å². The summed E-state index contributed by atoms with van der Waals surface area (Å²) in [4.78, 5) is 28.1. The van der Waals surface area contributed by atoms with Crippen LogP contribution in [0.5, 0.6) is 0 Å². The van der Waals surface area contributed by atoms with Gasteiger partial charge in [0.15, 0.2) is 4.32 Å². The van der Waals surface area contributed by atoms with Crippen molar-refractivity contribution in [3.63, 3.8) is 0 Å². The fraction of sp³-hybridized carbons (Fsp3) is 0.115. The smallest absolute Gasteiger partial charge is 0.416 e. The van der Waals surface area contributed by atoms with Gasteiger partial charge < -0.3 is 4.42 Å². The summed E-state index contributed by atoms with van der Waals surface area (Å²) < 4.78 is 48.2. The number of hydrogen-bond donors (Lipinski definition) is 0. The lowest BCUT2D eigenvalue weighted by molar-refractivity contribution is -0.137. The largest absolute Gasteiger partial charge is 0.457 e. The van der Waals surface area contributed by atoms with Gasteiger partial charge in [0, 0.05) is 18.7 Å². The van der Waals surface area contributed by atoms with E-state index in [1.54, 1.807) is 36.9 Å². The van der Waals surface area contributed by atoms with E-state index in [0.29, 0.717) is 11.4 Å². The number of anilines is 1. The summed E-state index contributed by atoms with van der Waals surface area (Å²) in [7, 11) is 1.72. The average Bonchev–Trinajstić information content (AvgIpc) is 3.50. The Balaban J connectivity index is 1.47. The molecular formula is C26H18F3N3O3S2. The van der Waals surface area contributed by atoms with Crippen LogP contribution in [0.15, 0.2) is 80.8 Å². The van der Waals surface area contributed by atoms with Crippen LogP contribution in [0.3, 0.4) is 0 Å². The molecule has 1 aliphatic rings. The van der Waals surface area contributed by atoms with Crippen LogP contribution in [-0.4, -0.2) is 19.6 Å². The highest BCUT2D eigenvalue weighted by Crippen LogP contribution is 2.37. The minimum absolute atomic E-state index is 0.154. The van der Waals surface area contributed by atoms with E-state index in [0.717, 1.165) is 23.9 Å². The zero-order chi connectivity index (χ0) is 26.5. The molecule has 1 aliphatic heterocycles. The molecular weight excluding hydrogens is 523 g/mol. The van der Waals surface area contributed by atoms with E-state index in [1.807, 2.05) is 18.2 Å². The van der Waals surface area contributed by atoms with Crippen molar-refractivity contribution in [1.29, 1.82) is 0 Å². The number of furan rings is 1. The maximum absolute atomic E-state index is 13.4. The average molecular weight is 542 g/mol. The Labute approximate surface area is 218 Å². The molecule has 0 spiro atoms. The van der Waals surface area contributed by atoms with E-state index in [-0.39, 0.29) is 32.0 Å². The molecule has 0 radical (unpaired) electrons. The molecule has 188 valence electrons. The van der Waals surface area contributed by atoms with Crippen LogP contribution in [0.2, 0.25) is 0 Å². The quantitative estimate of drug-likeness (QED) is 0.229. The zero-order valence-electron chi connectivity index (χ0n) is 19.4. The first-order valence-electron chi connectivity index (χ1n) is 11.0. The van der Waals surface area contributed by atoms with E-state index in [2.05, 4.69) is 0 Å². The molecule has 6 nitrogen and oxygen atoms in total. The van der Waals surface area contributed by atoms with Gasteiger partial charge in [-0.25, -0.2) is 4.68 Å². The highest BCUT2D eigenvalue weighted by Gasteiger charge is 2.38. The molecule has 0 unspecified atom stereocenters. The van der Waals surface area contributed by atoms with Crippen LogP contribution in [-0.2, 0) is 18.0 Å². The molecule has 0 aliphatic carbocycles. The highest BCUT2D eigenvalue weighted by atomic mass is 32.2. The van der Waals surface area contributed by atoms with E-state index in [9.17, 15) is 22.8 Å². The Bertz CT molecular complexity index is 1630. The number of aromatic nitrogens is 2. The minimum Gasteiger partial charge on any atom is -0.457 e. The number of thiocarbonyl (C=S) groups is 1. The molecule has 0 bridgehead atoms. The van der Waals surface area contributed by atoms with Gasteiger partial charge in [-0.15, -0.1) is 0 Å². The standard InChI is InChI=1S/C26H18F3N3O3S2/c1-15-22(24(34)32(30(15)2)18-9-4-3-5-10-18)31-23(33)21(37-25(31)36)14-19-11-12-20(35-19)16-7-6-8-17(13-16)26(27,28)29/h3-14H,1-2H3/b21-14-. The molecule has 2 aromatic heterocycles. The van der Waals surface area contributed by atoms with Crippen molar-refractivity contribution in [2.75, 3.05) is 4.90 Å². The topological polar surface area (TPSA) is 60.4 Å². The molecule has 3 heterocycles. The van der Waals surface area contributed by atoms with E-state index in [4.69, 9.17) is 16.6 Å². The molecule has 11 heteroatoms. The fourth-order valence-electron chi connectivity index (χ4n) is 4.04.